The van der Waals surface area contributed by atoms with Crippen LogP contribution in [0.25, 0.3) is 0 Å². The van der Waals surface area contributed by atoms with Crippen LogP contribution in [0.4, 0.5) is 5.69 Å². The number of nitrogen functional groups attached to an aromatic ring is 1. The Hall–Kier alpha value is -1.02. The van der Waals surface area contributed by atoms with E-state index in [1.807, 2.05) is 12.1 Å². The minimum Gasteiger partial charge on any atom is -0.399 e. The van der Waals surface area contributed by atoms with Crippen LogP contribution in [0, 0.1) is 5.92 Å². The standard InChI is InChI=1S/C14H22N2/c1-2-12-10-14(12)16-8-4-6-11-5-3-7-13(15)9-11/h3,5,7,9,12,14,16H,2,4,6,8,10,15H2,1H3. The fraction of sp³-hybridized carbons (Fsp3) is 0.571. The number of nitrogens with two attached hydrogens (primary N) is 1. The summed E-state index contributed by atoms with van der Waals surface area (Å²) >= 11 is 0. The molecule has 0 spiro atoms. The summed E-state index contributed by atoms with van der Waals surface area (Å²) < 4.78 is 0. The molecule has 1 saturated carbocycles. The van der Waals surface area contributed by atoms with E-state index in [0.29, 0.717) is 0 Å². The molecule has 2 rings (SSSR count). The summed E-state index contributed by atoms with van der Waals surface area (Å²) in [6.07, 6.45) is 5.04. The normalized spacial score (nSPS) is 23.3. The van der Waals surface area contributed by atoms with Crippen LogP contribution in [-0.4, -0.2) is 12.6 Å². The highest BCUT2D eigenvalue weighted by atomic mass is 15.0. The lowest BCUT2D eigenvalue weighted by Gasteiger charge is -2.04. The molecule has 1 aliphatic carbocycles. The molecule has 1 aromatic carbocycles. The lowest BCUT2D eigenvalue weighted by molar-refractivity contribution is 0.602. The molecule has 0 aliphatic heterocycles. The average Bonchev–Trinajstić information content (AvgIpc) is 3.03. The van der Waals surface area contributed by atoms with Gasteiger partial charge in [-0.1, -0.05) is 25.5 Å². The number of hydrogen-bond acceptors (Lipinski definition) is 2. The molecule has 88 valence electrons. The zero-order valence-electron chi connectivity index (χ0n) is 10.1. The number of benzene rings is 1. The van der Waals surface area contributed by atoms with Gasteiger partial charge in [-0.25, -0.2) is 0 Å². The summed E-state index contributed by atoms with van der Waals surface area (Å²) in [6, 6.07) is 9.02. The minimum atomic E-state index is 0.811. The van der Waals surface area contributed by atoms with Crippen molar-refractivity contribution in [3.8, 4) is 0 Å². The maximum absolute atomic E-state index is 5.74. The van der Waals surface area contributed by atoms with Gasteiger partial charge in [-0.3, -0.25) is 0 Å². The summed E-state index contributed by atoms with van der Waals surface area (Å²) in [5, 5.41) is 3.61. The first-order valence-corrected chi connectivity index (χ1v) is 6.37. The number of aryl methyl sites for hydroxylation is 1. The molecule has 2 unspecified atom stereocenters. The molecule has 0 heterocycles. The predicted octanol–water partition coefficient (Wildman–Crippen LogP) is 2.59. The van der Waals surface area contributed by atoms with Gasteiger partial charge in [0.05, 0.1) is 0 Å². The quantitative estimate of drug-likeness (QED) is 0.569. The van der Waals surface area contributed by atoms with E-state index in [1.54, 1.807) is 0 Å². The van der Waals surface area contributed by atoms with Crippen LogP contribution in [0.5, 0.6) is 0 Å². The molecule has 2 nitrogen and oxygen atoms in total. The second kappa shape index (κ2) is 5.35. The van der Waals surface area contributed by atoms with Crippen molar-refractivity contribution in [3.63, 3.8) is 0 Å². The van der Waals surface area contributed by atoms with Gasteiger partial charge in [-0.05, 0) is 49.4 Å². The van der Waals surface area contributed by atoms with Gasteiger partial charge in [0.25, 0.3) is 0 Å². The van der Waals surface area contributed by atoms with Gasteiger partial charge in [0.2, 0.25) is 0 Å². The van der Waals surface area contributed by atoms with Gasteiger partial charge in [-0.2, -0.15) is 0 Å². The summed E-state index contributed by atoms with van der Waals surface area (Å²) in [5.41, 5.74) is 7.97. The third-order valence-corrected chi connectivity index (χ3v) is 3.45. The fourth-order valence-electron chi connectivity index (χ4n) is 2.28. The van der Waals surface area contributed by atoms with Gasteiger partial charge >= 0.3 is 0 Å². The molecule has 0 amide bonds. The van der Waals surface area contributed by atoms with Crippen LogP contribution in [0.2, 0.25) is 0 Å². The molecule has 0 aromatic heterocycles. The zero-order valence-corrected chi connectivity index (χ0v) is 10.1. The Bertz CT molecular complexity index is 335. The van der Waals surface area contributed by atoms with Gasteiger partial charge in [0.1, 0.15) is 0 Å². The highest BCUT2D eigenvalue weighted by molar-refractivity contribution is 5.40. The zero-order chi connectivity index (χ0) is 11.4. The Labute approximate surface area is 98.2 Å². The Morgan fingerprint density at radius 2 is 2.31 bits per heavy atom. The van der Waals surface area contributed by atoms with Crippen LogP contribution in [0.3, 0.4) is 0 Å². The molecule has 1 fully saturated rings. The first-order chi connectivity index (χ1) is 7.79. The Kier molecular flexibility index (Phi) is 3.83. The number of anilines is 1. The van der Waals surface area contributed by atoms with Gasteiger partial charge in [-0.15, -0.1) is 0 Å². The molecule has 16 heavy (non-hydrogen) atoms. The smallest absolute Gasteiger partial charge is 0.0316 e. The van der Waals surface area contributed by atoms with Crippen LogP contribution < -0.4 is 11.1 Å². The molecule has 0 saturated heterocycles. The van der Waals surface area contributed by atoms with Gasteiger partial charge in [0, 0.05) is 11.7 Å². The number of rotatable bonds is 6. The molecular formula is C14H22N2. The molecule has 2 heteroatoms. The molecule has 3 N–H and O–H groups in total. The SMILES string of the molecule is CCC1CC1NCCCc1cccc(N)c1. The van der Waals surface area contributed by atoms with E-state index in [9.17, 15) is 0 Å². The van der Waals surface area contributed by atoms with Gasteiger partial charge < -0.3 is 11.1 Å². The van der Waals surface area contributed by atoms with Crippen molar-refractivity contribution in [2.45, 2.75) is 38.6 Å². The third kappa shape index (κ3) is 3.24. The highest BCUT2D eigenvalue weighted by Gasteiger charge is 2.34. The van der Waals surface area contributed by atoms with Crippen molar-refractivity contribution >= 4 is 5.69 Å². The fourth-order valence-corrected chi connectivity index (χ4v) is 2.28. The van der Waals surface area contributed by atoms with Crippen LogP contribution in [0.15, 0.2) is 24.3 Å². The van der Waals surface area contributed by atoms with Crippen molar-refractivity contribution in [1.29, 1.82) is 0 Å². The Balaban J connectivity index is 1.61. The molecule has 1 aromatic rings. The van der Waals surface area contributed by atoms with Crippen LogP contribution in [-0.2, 0) is 6.42 Å². The number of hydrogen-bond donors (Lipinski definition) is 2. The summed E-state index contributed by atoms with van der Waals surface area (Å²) in [6.45, 7) is 3.41. The van der Waals surface area contributed by atoms with Crippen molar-refractivity contribution in [1.82, 2.24) is 5.32 Å². The van der Waals surface area contributed by atoms with Crippen LogP contribution >= 0.6 is 0 Å². The maximum atomic E-state index is 5.74. The monoisotopic (exact) mass is 218 g/mol. The number of nitrogens with one attached hydrogen (secondary N) is 1. The van der Waals surface area contributed by atoms with Gasteiger partial charge in [0.15, 0.2) is 0 Å². The van der Waals surface area contributed by atoms with E-state index in [-0.39, 0.29) is 0 Å². The summed E-state index contributed by atoms with van der Waals surface area (Å²) in [7, 11) is 0. The second-order valence-electron chi connectivity index (χ2n) is 4.81. The van der Waals surface area contributed by atoms with E-state index < -0.39 is 0 Å². The van der Waals surface area contributed by atoms with E-state index >= 15 is 0 Å². The molecule has 0 bridgehead atoms. The highest BCUT2D eigenvalue weighted by Crippen LogP contribution is 2.32. The largest absolute Gasteiger partial charge is 0.399 e. The van der Waals surface area contributed by atoms with E-state index in [4.69, 9.17) is 5.73 Å². The summed E-state index contributed by atoms with van der Waals surface area (Å²) in [5.74, 6) is 0.951. The van der Waals surface area contributed by atoms with Crippen molar-refractivity contribution in [3.05, 3.63) is 29.8 Å². The lowest BCUT2D eigenvalue weighted by Crippen LogP contribution is -2.19. The van der Waals surface area contributed by atoms with Crippen molar-refractivity contribution in [2.24, 2.45) is 5.92 Å². The first kappa shape index (κ1) is 11.5. The Morgan fingerprint density at radius 1 is 1.44 bits per heavy atom. The van der Waals surface area contributed by atoms with E-state index in [2.05, 4.69) is 24.4 Å². The average molecular weight is 218 g/mol. The minimum absolute atomic E-state index is 0.811. The Morgan fingerprint density at radius 3 is 3.00 bits per heavy atom. The maximum Gasteiger partial charge on any atom is 0.0316 e. The first-order valence-electron chi connectivity index (χ1n) is 6.37. The topological polar surface area (TPSA) is 38.0 Å². The molecule has 2 atom stereocenters. The lowest BCUT2D eigenvalue weighted by atomic mass is 10.1. The van der Waals surface area contributed by atoms with Crippen molar-refractivity contribution in [2.75, 3.05) is 12.3 Å². The summed E-state index contributed by atoms with van der Waals surface area (Å²) in [4.78, 5) is 0. The predicted molar refractivity (Wildman–Crippen MR) is 69.4 cm³/mol. The second-order valence-corrected chi connectivity index (χ2v) is 4.81. The molecule has 1 aliphatic rings. The van der Waals surface area contributed by atoms with Crippen molar-refractivity contribution < 1.29 is 0 Å². The van der Waals surface area contributed by atoms with Crippen LogP contribution in [0.1, 0.15) is 31.7 Å². The molecule has 0 radical (unpaired) electrons. The molecular weight excluding hydrogens is 196 g/mol. The van der Waals surface area contributed by atoms with E-state index in [0.717, 1.165) is 30.6 Å². The van der Waals surface area contributed by atoms with E-state index in [1.165, 1.54) is 24.8 Å². The third-order valence-electron chi connectivity index (χ3n) is 3.45.